The summed E-state index contributed by atoms with van der Waals surface area (Å²) in [6.45, 7) is 1.98. The monoisotopic (exact) mass is 518 g/mol. The number of benzene rings is 2. The minimum absolute atomic E-state index is 0.0187. The van der Waals surface area contributed by atoms with Gasteiger partial charge in [0.05, 0.1) is 11.6 Å². The molecule has 2 amide bonds. The molecule has 2 saturated heterocycles. The third-order valence-electron chi connectivity index (χ3n) is 8.52. The van der Waals surface area contributed by atoms with Gasteiger partial charge in [-0.1, -0.05) is 12.5 Å². The molecule has 8 nitrogen and oxygen atoms in total. The smallest absolute Gasteiger partial charge is 0.255 e. The van der Waals surface area contributed by atoms with Crippen molar-refractivity contribution in [3.63, 3.8) is 0 Å². The van der Waals surface area contributed by atoms with Crippen molar-refractivity contribution in [2.45, 2.75) is 75.4 Å². The molecule has 0 radical (unpaired) electrons. The molecule has 2 aromatic rings. The SMILES string of the molecule is N#Cc1cc(F)ccc1C1CN([C@@H]2CCCC[C@H]2Oc2ccc3c(c2)CN([C@@H]2CCC(O)NC2=O)C3=O)C1. The number of nitrogens with zero attached hydrogens (tertiary/aromatic N) is 3. The highest BCUT2D eigenvalue weighted by Crippen LogP contribution is 2.37. The number of fused-ring (bicyclic) bond motifs is 1. The van der Waals surface area contributed by atoms with Gasteiger partial charge in [0.25, 0.3) is 5.91 Å². The Kier molecular flexibility index (Phi) is 6.54. The van der Waals surface area contributed by atoms with Gasteiger partial charge in [0.15, 0.2) is 0 Å². The molecule has 1 saturated carbocycles. The Morgan fingerprint density at radius 2 is 1.87 bits per heavy atom. The van der Waals surface area contributed by atoms with Crippen molar-refractivity contribution in [2.75, 3.05) is 13.1 Å². The van der Waals surface area contributed by atoms with E-state index in [0.717, 1.165) is 55.6 Å². The Morgan fingerprint density at radius 1 is 1.05 bits per heavy atom. The Hall–Kier alpha value is -3.48. The molecule has 6 rings (SSSR count). The van der Waals surface area contributed by atoms with E-state index in [1.807, 2.05) is 12.1 Å². The van der Waals surface area contributed by atoms with Gasteiger partial charge in [0.1, 0.15) is 29.9 Å². The molecule has 4 aliphatic rings. The first-order valence-corrected chi connectivity index (χ1v) is 13.4. The number of halogens is 1. The van der Waals surface area contributed by atoms with Gasteiger partial charge in [-0.2, -0.15) is 5.26 Å². The highest BCUT2D eigenvalue weighted by molar-refractivity contribution is 6.01. The summed E-state index contributed by atoms with van der Waals surface area (Å²) in [4.78, 5) is 29.4. The zero-order valence-electron chi connectivity index (χ0n) is 21.1. The van der Waals surface area contributed by atoms with E-state index in [-0.39, 0.29) is 35.7 Å². The van der Waals surface area contributed by atoms with E-state index in [4.69, 9.17) is 4.74 Å². The lowest BCUT2D eigenvalue weighted by Crippen LogP contribution is -2.57. The fourth-order valence-corrected chi connectivity index (χ4v) is 6.49. The highest BCUT2D eigenvalue weighted by Gasteiger charge is 2.41. The normalized spacial score (nSPS) is 27.9. The van der Waals surface area contributed by atoms with Crippen molar-refractivity contribution in [3.05, 3.63) is 64.5 Å². The first-order chi connectivity index (χ1) is 18.4. The molecule has 2 aromatic carbocycles. The third-order valence-corrected chi connectivity index (χ3v) is 8.52. The summed E-state index contributed by atoms with van der Waals surface area (Å²) in [5, 5.41) is 21.6. The molecule has 3 aliphatic heterocycles. The number of hydrogen-bond donors (Lipinski definition) is 2. The van der Waals surface area contributed by atoms with Crippen LogP contribution < -0.4 is 10.1 Å². The lowest BCUT2D eigenvalue weighted by atomic mass is 9.83. The summed E-state index contributed by atoms with van der Waals surface area (Å²) >= 11 is 0. The quantitative estimate of drug-likeness (QED) is 0.631. The van der Waals surface area contributed by atoms with Crippen molar-refractivity contribution < 1.29 is 23.8 Å². The van der Waals surface area contributed by atoms with Gasteiger partial charge < -0.3 is 20.1 Å². The number of amides is 2. The average Bonchev–Trinajstić information content (AvgIpc) is 3.20. The summed E-state index contributed by atoms with van der Waals surface area (Å²) in [5.74, 6) is 0.0656. The van der Waals surface area contributed by atoms with Crippen LogP contribution in [0.2, 0.25) is 0 Å². The van der Waals surface area contributed by atoms with E-state index in [2.05, 4.69) is 16.3 Å². The van der Waals surface area contributed by atoms with E-state index >= 15 is 0 Å². The number of ether oxygens (including phenoxy) is 1. The van der Waals surface area contributed by atoms with Gasteiger partial charge in [-0.3, -0.25) is 14.5 Å². The number of carbonyl (C=O) groups is 2. The van der Waals surface area contributed by atoms with E-state index in [1.165, 1.54) is 12.1 Å². The molecule has 1 aliphatic carbocycles. The number of nitrogens with one attached hydrogen (secondary N) is 1. The molecule has 9 heteroatoms. The van der Waals surface area contributed by atoms with Gasteiger partial charge in [-0.05, 0) is 73.6 Å². The summed E-state index contributed by atoms with van der Waals surface area (Å²) in [5.41, 5.74) is 2.76. The predicted molar refractivity (Wildman–Crippen MR) is 136 cm³/mol. The number of aliphatic hydroxyl groups is 1. The Bertz CT molecular complexity index is 1300. The lowest BCUT2D eigenvalue weighted by Gasteiger charge is -2.48. The number of aliphatic hydroxyl groups excluding tert-OH is 1. The number of likely N-dealkylation sites (tertiary alicyclic amines) is 1. The van der Waals surface area contributed by atoms with Crippen LogP contribution in [-0.4, -0.2) is 64.2 Å². The molecular formula is C29H31FN4O4. The molecule has 38 heavy (non-hydrogen) atoms. The van der Waals surface area contributed by atoms with E-state index in [1.54, 1.807) is 17.0 Å². The summed E-state index contributed by atoms with van der Waals surface area (Å²) in [6, 6.07) is 11.8. The molecule has 0 aromatic heterocycles. The van der Waals surface area contributed by atoms with Crippen molar-refractivity contribution in [3.8, 4) is 11.8 Å². The van der Waals surface area contributed by atoms with Crippen molar-refractivity contribution in [1.29, 1.82) is 5.26 Å². The van der Waals surface area contributed by atoms with Crippen LogP contribution in [0, 0.1) is 17.1 Å². The lowest BCUT2D eigenvalue weighted by molar-refractivity contribution is -0.132. The Morgan fingerprint density at radius 3 is 2.66 bits per heavy atom. The summed E-state index contributed by atoms with van der Waals surface area (Å²) in [7, 11) is 0. The van der Waals surface area contributed by atoms with Crippen LogP contribution in [-0.2, 0) is 11.3 Å². The van der Waals surface area contributed by atoms with Crippen LogP contribution in [0.5, 0.6) is 5.75 Å². The first-order valence-electron chi connectivity index (χ1n) is 13.4. The fourth-order valence-electron chi connectivity index (χ4n) is 6.49. The molecule has 3 fully saturated rings. The second-order valence-electron chi connectivity index (χ2n) is 10.9. The number of carbonyl (C=O) groups excluding carboxylic acids is 2. The maximum Gasteiger partial charge on any atom is 0.255 e. The second-order valence-corrected chi connectivity index (χ2v) is 10.9. The van der Waals surface area contributed by atoms with Crippen LogP contribution in [0.15, 0.2) is 36.4 Å². The molecular weight excluding hydrogens is 487 g/mol. The predicted octanol–water partition coefficient (Wildman–Crippen LogP) is 3.04. The van der Waals surface area contributed by atoms with E-state index in [9.17, 15) is 24.3 Å². The van der Waals surface area contributed by atoms with Gasteiger partial charge >= 0.3 is 0 Å². The summed E-state index contributed by atoms with van der Waals surface area (Å²) in [6.07, 6.45) is 4.23. The topological polar surface area (TPSA) is 106 Å². The zero-order chi connectivity index (χ0) is 26.4. The number of piperidine rings is 1. The maximum atomic E-state index is 13.6. The minimum Gasteiger partial charge on any atom is -0.489 e. The number of rotatable bonds is 5. The van der Waals surface area contributed by atoms with Gasteiger partial charge in [0.2, 0.25) is 5.91 Å². The molecule has 198 valence electrons. The maximum absolute atomic E-state index is 13.6. The van der Waals surface area contributed by atoms with E-state index < -0.39 is 12.3 Å². The van der Waals surface area contributed by atoms with E-state index in [0.29, 0.717) is 30.5 Å². The molecule has 1 unspecified atom stereocenters. The Labute approximate surface area is 221 Å². The zero-order valence-corrected chi connectivity index (χ0v) is 21.1. The van der Waals surface area contributed by atoms with Gasteiger partial charge in [-0.25, -0.2) is 4.39 Å². The average molecular weight is 519 g/mol. The molecule has 0 bridgehead atoms. The van der Waals surface area contributed by atoms with Crippen molar-refractivity contribution in [1.82, 2.24) is 15.1 Å². The van der Waals surface area contributed by atoms with Gasteiger partial charge in [0, 0.05) is 37.2 Å². The second kappa shape index (κ2) is 10.0. The highest BCUT2D eigenvalue weighted by atomic mass is 19.1. The number of nitriles is 1. The van der Waals surface area contributed by atoms with Crippen molar-refractivity contribution in [2.24, 2.45) is 0 Å². The van der Waals surface area contributed by atoms with Crippen LogP contribution in [0.4, 0.5) is 4.39 Å². The summed E-state index contributed by atoms with van der Waals surface area (Å²) < 4.78 is 20.1. The standard InChI is InChI=1S/C29H31FN4O4/c30-20-5-7-22(17(11-20)13-31)19-14-33(15-19)24-3-1-2-4-26(24)38-21-6-8-23-18(12-21)16-34(29(23)37)25-9-10-27(35)32-28(25)36/h5-8,11-12,19,24-27,35H,1-4,9-10,14-16H2,(H,32,36)/t24-,25-,26-,27?/m1/s1. The van der Waals surface area contributed by atoms with Gasteiger partial charge in [-0.15, -0.1) is 0 Å². The third kappa shape index (κ3) is 4.52. The molecule has 3 heterocycles. The fraction of sp³-hybridized carbons (Fsp3) is 0.483. The van der Waals surface area contributed by atoms with Crippen LogP contribution in [0.25, 0.3) is 0 Å². The minimum atomic E-state index is -0.854. The van der Waals surface area contributed by atoms with Crippen LogP contribution in [0.1, 0.15) is 71.5 Å². The number of hydrogen-bond acceptors (Lipinski definition) is 6. The Balaban J connectivity index is 1.12. The molecule has 2 N–H and O–H groups in total. The molecule has 0 spiro atoms. The van der Waals surface area contributed by atoms with Crippen LogP contribution in [0.3, 0.4) is 0 Å². The van der Waals surface area contributed by atoms with Crippen molar-refractivity contribution >= 4 is 11.8 Å². The largest absolute Gasteiger partial charge is 0.489 e. The van der Waals surface area contributed by atoms with Crippen LogP contribution >= 0.6 is 0 Å². The molecule has 4 atom stereocenters. The first kappa shape index (κ1) is 24.8.